The molecule has 1 fully saturated rings. The van der Waals surface area contributed by atoms with Crippen molar-refractivity contribution in [3.63, 3.8) is 0 Å². The maximum absolute atomic E-state index is 6.09. The Morgan fingerprint density at radius 3 is 2.76 bits per heavy atom. The molecule has 2 aliphatic rings. The van der Waals surface area contributed by atoms with E-state index in [1.165, 1.54) is 29.5 Å². The van der Waals surface area contributed by atoms with Gasteiger partial charge in [-0.3, -0.25) is 4.90 Å². The van der Waals surface area contributed by atoms with Crippen molar-refractivity contribution in [2.45, 2.75) is 57.7 Å². The van der Waals surface area contributed by atoms with Gasteiger partial charge in [-0.25, -0.2) is 0 Å². The van der Waals surface area contributed by atoms with E-state index in [0.29, 0.717) is 18.7 Å². The normalized spacial score (nSPS) is 26.3. The van der Waals surface area contributed by atoms with Crippen molar-refractivity contribution in [2.75, 3.05) is 19.7 Å². The summed E-state index contributed by atoms with van der Waals surface area (Å²) in [7, 11) is 0. The summed E-state index contributed by atoms with van der Waals surface area (Å²) in [5.41, 5.74) is 10.6. The Kier molecular flexibility index (Phi) is 4.08. The highest BCUT2D eigenvalue weighted by Crippen LogP contribution is 2.36. The highest BCUT2D eigenvalue weighted by molar-refractivity contribution is 5.40. The summed E-state index contributed by atoms with van der Waals surface area (Å²) >= 11 is 0. The second-order valence-corrected chi connectivity index (χ2v) is 7.48. The third kappa shape index (κ3) is 3.01. The van der Waals surface area contributed by atoms with Crippen LogP contribution in [0.15, 0.2) is 18.2 Å². The van der Waals surface area contributed by atoms with Crippen molar-refractivity contribution in [2.24, 2.45) is 5.73 Å². The van der Waals surface area contributed by atoms with E-state index in [9.17, 15) is 0 Å². The second-order valence-electron chi connectivity index (χ2n) is 7.48. The zero-order chi connectivity index (χ0) is 15.0. The molecular weight excluding hydrogens is 260 g/mol. The smallest absolute Gasteiger partial charge is 0.0703 e. The van der Waals surface area contributed by atoms with Crippen LogP contribution >= 0.6 is 0 Å². The number of ether oxygens (including phenoxy) is 1. The third-order valence-corrected chi connectivity index (χ3v) is 4.87. The van der Waals surface area contributed by atoms with Crippen molar-refractivity contribution in [1.82, 2.24) is 4.90 Å². The zero-order valence-electron chi connectivity index (χ0n) is 13.6. The summed E-state index contributed by atoms with van der Waals surface area (Å²) in [5, 5.41) is 0. The molecule has 3 nitrogen and oxygen atoms in total. The lowest BCUT2D eigenvalue weighted by Crippen LogP contribution is -2.34. The number of benzene rings is 1. The van der Waals surface area contributed by atoms with Gasteiger partial charge in [0.25, 0.3) is 0 Å². The topological polar surface area (TPSA) is 38.5 Å². The van der Waals surface area contributed by atoms with Crippen LogP contribution in [0.3, 0.4) is 0 Å². The Morgan fingerprint density at radius 1 is 1.33 bits per heavy atom. The van der Waals surface area contributed by atoms with Crippen LogP contribution in [0, 0.1) is 0 Å². The predicted octanol–water partition coefficient (Wildman–Crippen LogP) is 2.98. The highest BCUT2D eigenvalue weighted by Gasteiger charge is 2.32. The number of hydrogen-bond acceptors (Lipinski definition) is 3. The zero-order valence-corrected chi connectivity index (χ0v) is 13.6. The minimum atomic E-state index is 0.191. The van der Waals surface area contributed by atoms with Crippen LogP contribution in [0.5, 0.6) is 0 Å². The molecule has 2 heterocycles. The molecule has 2 atom stereocenters. The lowest BCUT2D eigenvalue weighted by atomic mass is 9.85. The van der Waals surface area contributed by atoms with Crippen molar-refractivity contribution in [1.29, 1.82) is 0 Å². The molecule has 0 amide bonds. The number of rotatable bonds is 3. The van der Waals surface area contributed by atoms with Crippen molar-refractivity contribution >= 4 is 0 Å². The van der Waals surface area contributed by atoms with Crippen molar-refractivity contribution < 1.29 is 4.74 Å². The van der Waals surface area contributed by atoms with E-state index in [2.05, 4.69) is 43.9 Å². The van der Waals surface area contributed by atoms with Gasteiger partial charge in [0.15, 0.2) is 0 Å². The Balaban J connectivity index is 1.82. The average Bonchev–Trinajstić information content (AvgIpc) is 3.04. The molecule has 2 aliphatic heterocycles. The second kappa shape index (κ2) is 5.71. The van der Waals surface area contributed by atoms with E-state index in [-0.39, 0.29) is 5.41 Å². The summed E-state index contributed by atoms with van der Waals surface area (Å²) < 4.78 is 5.80. The first-order chi connectivity index (χ1) is 9.99. The fourth-order valence-electron chi connectivity index (χ4n) is 3.56. The lowest BCUT2D eigenvalue weighted by molar-refractivity contribution is 0.0609. The van der Waals surface area contributed by atoms with E-state index < -0.39 is 0 Å². The molecular formula is C18H28N2O. The number of nitrogens with two attached hydrogens (primary N) is 1. The van der Waals surface area contributed by atoms with Gasteiger partial charge in [0.2, 0.25) is 0 Å². The van der Waals surface area contributed by atoms with Gasteiger partial charge in [0, 0.05) is 32.3 Å². The molecule has 21 heavy (non-hydrogen) atoms. The van der Waals surface area contributed by atoms with Crippen molar-refractivity contribution in [3.05, 3.63) is 34.9 Å². The molecule has 0 radical (unpaired) electrons. The van der Waals surface area contributed by atoms with Crippen LogP contribution in [0.4, 0.5) is 0 Å². The summed E-state index contributed by atoms with van der Waals surface area (Å²) in [6.45, 7) is 10.4. The molecule has 1 aromatic carbocycles. The first kappa shape index (κ1) is 15.0. The van der Waals surface area contributed by atoms with Gasteiger partial charge in [-0.15, -0.1) is 0 Å². The molecule has 0 bridgehead atoms. The van der Waals surface area contributed by atoms with Gasteiger partial charge in [0.05, 0.1) is 6.10 Å². The maximum Gasteiger partial charge on any atom is 0.0703 e. The number of hydrogen-bond donors (Lipinski definition) is 1. The minimum absolute atomic E-state index is 0.191. The largest absolute Gasteiger partial charge is 0.377 e. The molecule has 0 aromatic heterocycles. The van der Waals surface area contributed by atoms with E-state index in [0.717, 1.165) is 19.7 Å². The van der Waals surface area contributed by atoms with Crippen LogP contribution in [-0.2, 0) is 16.7 Å². The fourth-order valence-corrected chi connectivity index (χ4v) is 3.56. The van der Waals surface area contributed by atoms with Gasteiger partial charge in [0.1, 0.15) is 0 Å². The molecule has 3 rings (SSSR count). The third-order valence-electron chi connectivity index (χ3n) is 4.87. The van der Waals surface area contributed by atoms with Gasteiger partial charge in [-0.1, -0.05) is 39.0 Å². The minimum Gasteiger partial charge on any atom is -0.377 e. The Hall–Kier alpha value is -0.900. The number of fused-ring (bicyclic) bond motifs is 1. The monoisotopic (exact) mass is 288 g/mol. The molecule has 2 N–H and O–H groups in total. The molecule has 0 aliphatic carbocycles. The van der Waals surface area contributed by atoms with Gasteiger partial charge >= 0.3 is 0 Å². The molecule has 1 saturated heterocycles. The molecule has 116 valence electrons. The first-order valence-electron chi connectivity index (χ1n) is 8.18. The summed E-state index contributed by atoms with van der Waals surface area (Å²) in [6.07, 6.45) is 2.79. The van der Waals surface area contributed by atoms with Crippen LogP contribution in [0.2, 0.25) is 0 Å². The fraction of sp³-hybridized carbons (Fsp3) is 0.667. The van der Waals surface area contributed by atoms with Crippen LogP contribution in [0.1, 0.15) is 56.3 Å². The van der Waals surface area contributed by atoms with Crippen molar-refractivity contribution in [3.8, 4) is 0 Å². The Labute approximate surface area is 128 Å². The van der Waals surface area contributed by atoms with Crippen LogP contribution in [-0.4, -0.2) is 30.7 Å². The molecule has 1 aromatic rings. The Morgan fingerprint density at radius 2 is 2.14 bits per heavy atom. The first-order valence-corrected chi connectivity index (χ1v) is 8.18. The highest BCUT2D eigenvalue weighted by atomic mass is 16.5. The van der Waals surface area contributed by atoms with Gasteiger partial charge in [-0.05, 0) is 34.9 Å². The van der Waals surface area contributed by atoms with Gasteiger partial charge < -0.3 is 10.5 Å². The summed E-state index contributed by atoms with van der Waals surface area (Å²) in [6, 6.07) is 7.31. The standard InChI is InChI=1S/C18H28N2O/c1-18(2,3)14-7-6-13-11-20(12-15-5-4-8-21-15)17(10-19)16(13)9-14/h6-7,9,15,17H,4-5,8,10-12,19H2,1-3H3. The Bertz CT molecular complexity index is 500. The predicted molar refractivity (Wildman–Crippen MR) is 86.3 cm³/mol. The van der Waals surface area contributed by atoms with E-state index in [1.54, 1.807) is 0 Å². The SMILES string of the molecule is CC(C)(C)c1ccc2c(c1)C(CN)N(CC1CCCO1)C2. The number of nitrogens with zero attached hydrogens (tertiary/aromatic N) is 1. The van der Waals surface area contributed by atoms with Crippen LogP contribution < -0.4 is 5.73 Å². The van der Waals surface area contributed by atoms with Gasteiger partial charge in [-0.2, -0.15) is 0 Å². The molecule has 2 unspecified atom stereocenters. The molecule has 3 heteroatoms. The summed E-state index contributed by atoms with van der Waals surface area (Å²) in [5.74, 6) is 0. The van der Waals surface area contributed by atoms with E-state index in [4.69, 9.17) is 10.5 Å². The van der Waals surface area contributed by atoms with Crippen LogP contribution in [0.25, 0.3) is 0 Å². The quantitative estimate of drug-likeness (QED) is 0.929. The molecule has 0 saturated carbocycles. The van der Waals surface area contributed by atoms with E-state index in [1.807, 2.05) is 0 Å². The van der Waals surface area contributed by atoms with E-state index >= 15 is 0 Å². The molecule has 0 spiro atoms. The lowest BCUT2D eigenvalue weighted by Gasteiger charge is -2.27. The maximum atomic E-state index is 6.09. The summed E-state index contributed by atoms with van der Waals surface area (Å²) in [4.78, 5) is 2.51. The average molecular weight is 288 g/mol.